The van der Waals surface area contributed by atoms with Crippen molar-refractivity contribution in [2.24, 2.45) is 0 Å². The smallest absolute Gasteiger partial charge is 0.325 e. The molecule has 1 aliphatic rings. The Morgan fingerprint density at radius 3 is 2.59 bits per heavy atom. The van der Waals surface area contributed by atoms with E-state index < -0.39 is 6.03 Å². The molecule has 3 aromatic rings. The monoisotopic (exact) mass is 453 g/mol. The molecule has 0 saturated carbocycles. The van der Waals surface area contributed by atoms with Gasteiger partial charge in [-0.15, -0.1) is 0 Å². The topological polar surface area (TPSA) is 106 Å². The Morgan fingerprint density at radius 1 is 1.09 bits per heavy atom. The van der Waals surface area contributed by atoms with Crippen molar-refractivity contribution in [1.82, 2.24) is 9.36 Å². The van der Waals surface area contributed by atoms with E-state index in [0.717, 1.165) is 30.3 Å². The van der Waals surface area contributed by atoms with Crippen LogP contribution in [-0.2, 0) is 4.74 Å². The van der Waals surface area contributed by atoms with E-state index in [-0.39, 0.29) is 5.78 Å². The summed E-state index contributed by atoms with van der Waals surface area (Å²) < 4.78 is 14.9. The Balaban J connectivity index is 1.66. The van der Waals surface area contributed by atoms with Crippen molar-refractivity contribution in [3.8, 4) is 5.75 Å². The molecule has 1 aliphatic heterocycles. The number of para-hydroxylation sites is 1. The number of ether oxygens (including phenoxy) is 2. The SMILES string of the molecule is COc1ccccc1C(=O)c1cc(N2CCOCC2)ccc1NC(=O)Nc1nc(C)ns1. The van der Waals surface area contributed by atoms with E-state index in [0.29, 0.717) is 46.7 Å². The zero-order valence-corrected chi connectivity index (χ0v) is 18.6. The van der Waals surface area contributed by atoms with Crippen LogP contribution < -0.4 is 20.3 Å². The van der Waals surface area contributed by atoms with Gasteiger partial charge in [0.25, 0.3) is 0 Å². The number of carbonyl (C=O) groups excluding carboxylic acids is 2. The molecule has 0 atom stereocenters. The first-order chi connectivity index (χ1) is 15.5. The minimum atomic E-state index is -0.505. The lowest BCUT2D eigenvalue weighted by atomic mass is 9.99. The number of hydrogen-bond acceptors (Lipinski definition) is 8. The number of morpholine rings is 1. The highest BCUT2D eigenvalue weighted by Gasteiger charge is 2.21. The molecular weight excluding hydrogens is 430 g/mol. The molecule has 1 fully saturated rings. The Hall–Kier alpha value is -3.50. The first-order valence-electron chi connectivity index (χ1n) is 10.1. The van der Waals surface area contributed by atoms with Gasteiger partial charge in [-0.1, -0.05) is 12.1 Å². The first kappa shape index (κ1) is 21.7. The number of carbonyl (C=O) groups is 2. The molecule has 0 bridgehead atoms. The predicted molar refractivity (Wildman–Crippen MR) is 123 cm³/mol. The Bertz CT molecular complexity index is 1130. The van der Waals surface area contributed by atoms with Crippen molar-refractivity contribution in [3.63, 3.8) is 0 Å². The normalized spacial score (nSPS) is 13.5. The number of anilines is 3. The summed E-state index contributed by atoms with van der Waals surface area (Å²) in [5, 5.41) is 5.80. The summed E-state index contributed by atoms with van der Waals surface area (Å²) in [6, 6.07) is 11.9. The molecule has 2 N–H and O–H groups in total. The van der Waals surface area contributed by atoms with Crippen LogP contribution >= 0.6 is 11.5 Å². The van der Waals surface area contributed by atoms with Gasteiger partial charge in [0.2, 0.25) is 5.13 Å². The Labute approximate surface area is 189 Å². The number of amides is 2. The number of aromatic nitrogens is 2. The van der Waals surface area contributed by atoms with Crippen molar-refractivity contribution in [2.75, 3.05) is 48.9 Å². The molecule has 2 heterocycles. The highest BCUT2D eigenvalue weighted by Crippen LogP contribution is 2.29. The van der Waals surface area contributed by atoms with Gasteiger partial charge in [0.15, 0.2) is 5.78 Å². The van der Waals surface area contributed by atoms with E-state index in [1.54, 1.807) is 43.3 Å². The second-order valence-electron chi connectivity index (χ2n) is 7.08. The number of benzene rings is 2. The number of ketones is 1. The number of aryl methyl sites for hydroxylation is 1. The number of urea groups is 1. The molecular formula is C22H23N5O4S. The average Bonchev–Trinajstić information content (AvgIpc) is 3.23. The van der Waals surface area contributed by atoms with Crippen LogP contribution in [0.2, 0.25) is 0 Å². The van der Waals surface area contributed by atoms with Crippen molar-refractivity contribution in [2.45, 2.75) is 6.92 Å². The average molecular weight is 454 g/mol. The maximum atomic E-state index is 13.5. The molecule has 0 aliphatic carbocycles. The van der Waals surface area contributed by atoms with Crippen LogP contribution in [0.5, 0.6) is 5.75 Å². The second-order valence-corrected chi connectivity index (χ2v) is 7.84. The van der Waals surface area contributed by atoms with Gasteiger partial charge in [0, 0.05) is 35.9 Å². The standard InChI is InChI=1S/C22H23N5O4S/c1-14-23-22(32-26-14)25-21(29)24-18-8-7-15(27-9-11-31-12-10-27)13-17(18)20(28)16-5-3-4-6-19(16)30-2/h3-8,13H,9-12H2,1-2H3,(H2,23,24,25,26,29). The van der Waals surface area contributed by atoms with Gasteiger partial charge in [0.05, 0.1) is 31.6 Å². The quantitative estimate of drug-likeness (QED) is 0.550. The molecule has 10 heteroatoms. The van der Waals surface area contributed by atoms with Crippen LogP contribution in [0.4, 0.5) is 21.3 Å². The Morgan fingerprint density at radius 2 is 1.88 bits per heavy atom. The molecule has 166 valence electrons. The third-order valence-electron chi connectivity index (χ3n) is 4.97. The lowest BCUT2D eigenvalue weighted by molar-refractivity contribution is 0.103. The summed E-state index contributed by atoms with van der Waals surface area (Å²) in [6.07, 6.45) is 0. The molecule has 2 amide bonds. The number of methoxy groups -OCH3 is 1. The summed E-state index contributed by atoms with van der Waals surface area (Å²) in [5.41, 5.74) is 2.05. The first-order valence-corrected chi connectivity index (χ1v) is 10.9. The summed E-state index contributed by atoms with van der Waals surface area (Å²) in [5.74, 6) is 0.792. The predicted octanol–water partition coefficient (Wildman–Crippen LogP) is 3.57. The zero-order chi connectivity index (χ0) is 22.5. The maximum Gasteiger partial charge on any atom is 0.325 e. The Kier molecular flexibility index (Phi) is 6.62. The van der Waals surface area contributed by atoms with E-state index in [1.165, 1.54) is 7.11 Å². The van der Waals surface area contributed by atoms with Gasteiger partial charge in [-0.2, -0.15) is 4.37 Å². The molecule has 9 nitrogen and oxygen atoms in total. The van der Waals surface area contributed by atoms with Gasteiger partial charge in [-0.25, -0.2) is 9.78 Å². The molecule has 4 rings (SSSR count). The van der Waals surface area contributed by atoms with Gasteiger partial charge >= 0.3 is 6.03 Å². The van der Waals surface area contributed by atoms with Gasteiger partial charge in [-0.05, 0) is 37.3 Å². The lowest BCUT2D eigenvalue weighted by Crippen LogP contribution is -2.36. The highest BCUT2D eigenvalue weighted by atomic mass is 32.1. The molecule has 2 aromatic carbocycles. The number of rotatable bonds is 6. The molecule has 1 saturated heterocycles. The number of nitrogens with zero attached hydrogens (tertiary/aromatic N) is 3. The minimum absolute atomic E-state index is 0.250. The summed E-state index contributed by atoms with van der Waals surface area (Å²) in [6.45, 7) is 4.45. The lowest BCUT2D eigenvalue weighted by Gasteiger charge is -2.29. The third-order valence-corrected chi connectivity index (χ3v) is 5.69. The molecule has 0 unspecified atom stereocenters. The number of hydrogen-bond donors (Lipinski definition) is 2. The van der Waals surface area contributed by atoms with Gasteiger partial charge in [0.1, 0.15) is 11.6 Å². The van der Waals surface area contributed by atoms with Crippen LogP contribution in [-0.4, -0.2) is 54.6 Å². The van der Waals surface area contributed by atoms with E-state index in [2.05, 4.69) is 24.9 Å². The van der Waals surface area contributed by atoms with Gasteiger partial charge < -0.3 is 19.7 Å². The highest BCUT2D eigenvalue weighted by molar-refractivity contribution is 7.09. The maximum absolute atomic E-state index is 13.5. The third kappa shape index (κ3) is 4.87. The van der Waals surface area contributed by atoms with Crippen LogP contribution in [0, 0.1) is 6.92 Å². The van der Waals surface area contributed by atoms with Crippen LogP contribution in [0.1, 0.15) is 21.7 Å². The van der Waals surface area contributed by atoms with E-state index in [1.807, 2.05) is 6.07 Å². The zero-order valence-electron chi connectivity index (χ0n) is 17.8. The van der Waals surface area contributed by atoms with Crippen molar-refractivity contribution >= 4 is 39.9 Å². The van der Waals surface area contributed by atoms with Crippen LogP contribution in [0.25, 0.3) is 0 Å². The van der Waals surface area contributed by atoms with Crippen molar-refractivity contribution in [1.29, 1.82) is 0 Å². The molecule has 0 spiro atoms. The summed E-state index contributed by atoms with van der Waals surface area (Å²) in [4.78, 5) is 32.4. The van der Waals surface area contributed by atoms with Crippen molar-refractivity contribution in [3.05, 3.63) is 59.4 Å². The summed E-state index contributed by atoms with van der Waals surface area (Å²) in [7, 11) is 1.52. The van der Waals surface area contributed by atoms with E-state index in [9.17, 15) is 9.59 Å². The fourth-order valence-corrected chi connectivity index (χ4v) is 3.99. The fourth-order valence-electron chi connectivity index (χ4n) is 3.42. The van der Waals surface area contributed by atoms with Crippen LogP contribution in [0.15, 0.2) is 42.5 Å². The summed E-state index contributed by atoms with van der Waals surface area (Å²) >= 11 is 1.09. The van der Waals surface area contributed by atoms with Crippen LogP contribution in [0.3, 0.4) is 0 Å². The number of nitrogens with one attached hydrogen (secondary N) is 2. The van der Waals surface area contributed by atoms with E-state index in [4.69, 9.17) is 9.47 Å². The van der Waals surface area contributed by atoms with Crippen molar-refractivity contribution < 1.29 is 19.1 Å². The van der Waals surface area contributed by atoms with Gasteiger partial charge in [-0.3, -0.25) is 10.1 Å². The largest absolute Gasteiger partial charge is 0.496 e. The van der Waals surface area contributed by atoms with E-state index >= 15 is 0 Å². The fraction of sp³-hybridized carbons (Fsp3) is 0.273. The molecule has 32 heavy (non-hydrogen) atoms. The minimum Gasteiger partial charge on any atom is -0.496 e. The second kappa shape index (κ2) is 9.75. The molecule has 1 aromatic heterocycles. The molecule has 0 radical (unpaired) electrons.